The summed E-state index contributed by atoms with van der Waals surface area (Å²) in [7, 11) is 0. The largest absolute Gasteiger partial charge is 0.478 e. The van der Waals surface area contributed by atoms with E-state index in [4.69, 9.17) is 29.9 Å². The van der Waals surface area contributed by atoms with E-state index >= 15 is 0 Å². The lowest BCUT2D eigenvalue weighted by Crippen LogP contribution is -1.91. The molecule has 2 heterocycles. The fraction of sp³-hybridized carbons (Fsp3) is 0.667. The summed E-state index contributed by atoms with van der Waals surface area (Å²) in [5.74, 6) is -2.51. The molecule has 20 heavy (non-hydrogen) atoms. The molecule has 0 amide bonds. The van der Waals surface area contributed by atoms with Crippen LogP contribution in [0.3, 0.4) is 0 Å². The van der Waals surface area contributed by atoms with Gasteiger partial charge in [0, 0.05) is 25.4 Å². The normalized spacial score (nSPS) is 22.1. The molecule has 2 atom stereocenters. The summed E-state index contributed by atoms with van der Waals surface area (Å²) < 4.78 is 9.58. The summed E-state index contributed by atoms with van der Waals surface area (Å²) in [6, 6.07) is 0. The molecule has 4 N–H and O–H groups in total. The highest BCUT2D eigenvalue weighted by Crippen LogP contribution is 2.11. The molecule has 0 aromatic heterocycles. The predicted molar refractivity (Wildman–Crippen MR) is 67.3 cm³/mol. The van der Waals surface area contributed by atoms with Crippen LogP contribution in [0.1, 0.15) is 12.8 Å². The second kappa shape index (κ2) is 11.4. The minimum Gasteiger partial charge on any atom is -0.478 e. The number of epoxide rings is 2. The lowest BCUT2D eigenvalue weighted by molar-refractivity contribution is -0.134. The van der Waals surface area contributed by atoms with Gasteiger partial charge in [0.2, 0.25) is 0 Å². The van der Waals surface area contributed by atoms with E-state index in [1.54, 1.807) is 0 Å². The molecular weight excluding hydrogens is 272 g/mol. The van der Waals surface area contributed by atoms with Crippen LogP contribution in [0.4, 0.5) is 0 Å². The summed E-state index contributed by atoms with van der Waals surface area (Å²) >= 11 is 0. The molecule has 2 rings (SSSR count). The smallest absolute Gasteiger partial charge is 0.328 e. The second-order valence-electron chi connectivity index (χ2n) is 3.95. The fourth-order valence-electron chi connectivity index (χ4n) is 0.900. The van der Waals surface area contributed by atoms with Gasteiger partial charge in [0.1, 0.15) is 0 Å². The van der Waals surface area contributed by atoms with Crippen molar-refractivity contribution in [1.82, 2.24) is 0 Å². The maximum absolute atomic E-state index is 9.55. The van der Waals surface area contributed by atoms with Gasteiger partial charge in [0.05, 0.1) is 25.4 Å². The summed E-state index contributed by atoms with van der Waals surface area (Å²) in [5.41, 5.74) is 0. The van der Waals surface area contributed by atoms with Gasteiger partial charge in [-0.2, -0.15) is 0 Å². The maximum Gasteiger partial charge on any atom is 0.328 e. The van der Waals surface area contributed by atoms with E-state index in [0.29, 0.717) is 24.4 Å². The van der Waals surface area contributed by atoms with Crippen LogP contribution >= 0.6 is 0 Å². The van der Waals surface area contributed by atoms with Crippen molar-refractivity contribution in [2.24, 2.45) is 0 Å². The molecule has 2 fully saturated rings. The number of carboxylic acids is 2. The first-order chi connectivity index (χ1) is 9.49. The summed E-state index contributed by atoms with van der Waals surface area (Å²) in [6.07, 6.45) is 3.55. The number of aliphatic hydroxyl groups excluding tert-OH is 2. The topological polar surface area (TPSA) is 140 Å². The molecule has 2 aliphatic rings. The molecule has 8 nitrogen and oxygen atoms in total. The molecule has 116 valence electrons. The van der Waals surface area contributed by atoms with E-state index in [1.165, 1.54) is 0 Å². The molecule has 2 aliphatic heterocycles. The zero-order valence-electron chi connectivity index (χ0n) is 11.0. The molecule has 0 aromatic rings. The Kier molecular flexibility index (Phi) is 10.5. The van der Waals surface area contributed by atoms with Crippen LogP contribution in [0, 0.1) is 0 Å². The third-order valence-electron chi connectivity index (χ3n) is 2.08. The van der Waals surface area contributed by atoms with Gasteiger partial charge in [-0.25, -0.2) is 9.59 Å². The van der Waals surface area contributed by atoms with E-state index in [0.717, 1.165) is 26.1 Å². The molecule has 2 unspecified atom stereocenters. The van der Waals surface area contributed by atoms with Gasteiger partial charge < -0.3 is 29.9 Å². The van der Waals surface area contributed by atoms with E-state index < -0.39 is 11.9 Å². The number of ether oxygens (including phenoxy) is 2. The molecule has 0 spiro atoms. The first-order valence-electron chi connectivity index (χ1n) is 6.08. The number of aliphatic hydroxyl groups is 2. The fourth-order valence-corrected chi connectivity index (χ4v) is 0.900. The van der Waals surface area contributed by atoms with Crippen LogP contribution in [0.5, 0.6) is 0 Å². The van der Waals surface area contributed by atoms with Gasteiger partial charge in [-0.3, -0.25) is 0 Å². The highest BCUT2D eigenvalue weighted by atomic mass is 16.6. The van der Waals surface area contributed by atoms with Gasteiger partial charge in [-0.15, -0.1) is 0 Å². The average molecular weight is 292 g/mol. The van der Waals surface area contributed by atoms with Crippen molar-refractivity contribution in [3.63, 3.8) is 0 Å². The number of hydrogen-bond donors (Lipinski definition) is 4. The summed E-state index contributed by atoms with van der Waals surface area (Å²) in [4.78, 5) is 19.1. The minimum atomic E-state index is -1.26. The van der Waals surface area contributed by atoms with Crippen molar-refractivity contribution in [3.05, 3.63) is 12.2 Å². The molecule has 0 saturated carbocycles. The van der Waals surface area contributed by atoms with E-state index in [2.05, 4.69) is 0 Å². The van der Waals surface area contributed by atoms with Crippen molar-refractivity contribution in [2.45, 2.75) is 25.0 Å². The first-order valence-corrected chi connectivity index (χ1v) is 6.08. The zero-order chi connectivity index (χ0) is 15.4. The van der Waals surface area contributed by atoms with Crippen LogP contribution in [0.2, 0.25) is 0 Å². The first kappa shape index (κ1) is 18.5. The van der Waals surface area contributed by atoms with Gasteiger partial charge in [0.15, 0.2) is 0 Å². The van der Waals surface area contributed by atoms with Crippen LogP contribution in [-0.4, -0.2) is 71.0 Å². The van der Waals surface area contributed by atoms with Crippen molar-refractivity contribution in [2.75, 3.05) is 26.4 Å². The predicted octanol–water partition coefficient (Wildman–Crippen LogP) is -0.753. The quantitative estimate of drug-likeness (QED) is 0.370. The van der Waals surface area contributed by atoms with Gasteiger partial charge in [-0.1, -0.05) is 0 Å². The maximum atomic E-state index is 9.55. The number of rotatable bonds is 6. The standard InChI is InChI=1S/C4H4O4.2C4H8O2/c5-3(6)1-2-4(7)8;2*5-2-1-4-3-6-4/h1-2H,(H,5,6)(H,7,8);2*4-5H,1-3H2/b2-1+;;. The van der Waals surface area contributed by atoms with Crippen LogP contribution in [0.25, 0.3) is 0 Å². The molecule has 8 heteroatoms. The summed E-state index contributed by atoms with van der Waals surface area (Å²) in [5, 5.41) is 32.0. The van der Waals surface area contributed by atoms with E-state index in [9.17, 15) is 9.59 Å². The lowest BCUT2D eigenvalue weighted by Gasteiger charge is -1.80. The lowest BCUT2D eigenvalue weighted by atomic mass is 10.4. The van der Waals surface area contributed by atoms with Crippen LogP contribution in [-0.2, 0) is 19.1 Å². The molecular formula is C12H20O8. The van der Waals surface area contributed by atoms with Crippen molar-refractivity contribution in [1.29, 1.82) is 0 Å². The third-order valence-corrected chi connectivity index (χ3v) is 2.08. The highest BCUT2D eigenvalue weighted by Gasteiger charge is 2.20. The Balaban J connectivity index is 0.000000274. The Labute approximate surface area is 116 Å². The number of hydrogen-bond acceptors (Lipinski definition) is 6. The number of carbonyl (C=O) groups is 2. The Morgan fingerprint density at radius 1 is 0.900 bits per heavy atom. The van der Waals surface area contributed by atoms with Gasteiger partial charge in [0.25, 0.3) is 0 Å². The number of carboxylic acid groups (broad SMARTS) is 2. The molecule has 0 radical (unpaired) electrons. The Hall–Kier alpha value is -1.48. The van der Waals surface area contributed by atoms with Crippen molar-refractivity contribution < 1.29 is 39.5 Å². The van der Waals surface area contributed by atoms with Gasteiger partial charge in [-0.05, 0) is 12.8 Å². The SMILES string of the molecule is O=C(O)/C=C/C(=O)O.OCCC1CO1.OCCC1CO1. The second-order valence-corrected chi connectivity index (χ2v) is 3.95. The van der Waals surface area contributed by atoms with E-state index in [-0.39, 0.29) is 13.2 Å². The molecule has 2 saturated heterocycles. The summed E-state index contributed by atoms with van der Waals surface area (Å²) in [6.45, 7) is 2.26. The Morgan fingerprint density at radius 3 is 1.30 bits per heavy atom. The van der Waals surface area contributed by atoms with Crippen molar-refractivity contribution >= 4 is 11.9 Å². The van der Waals surface area contributed by atoms with Crippen LogP contribution in [0.15, 0.2) is 12.2 Å². The monoisotopic (exact) mass is 292 g/mol. The van der Waals surface area contributed by atoms with Gasteiger partial charge >= 0.3 is 11.9 Å². The van der Waals surface area contributed by atoms with E-state index in [1.807, 2.05) is 0 Å². The third kappa shape index (κ3) is 16.5. The molecule has 0 bridgehead atoms. The molecule has 0 aromatic carbocycles. The zero-order valence-corrected chi connectivity index (χ0v) is 11.0. The Morgan fingerprint density at radius 2 is 1.20 bits per heavy atom. The average Bonchev–Trinajstić information content (AvgIpc) is 3.24. The Bertz CT molecular complexity index is 277. The van der Waals surface area contributed by atoms with Crippen LogP contribution < -0.4 is 0 Å². The number of aliphatic carboxylic acids is 2. The molecule has 0 aliphatic carbocycles. The minimum absolute atomic E-state index is 0.269. The van der Waals surface area contributed by atoms with Crippen molar-refractivity contribution in [3.8, 4) is 0 Å². The highest BCUT2D eigenvalue weighted by molar-refractivity contribution is 5.89.